The molecule has 0 saturated heterocycles. The molecule has 0 saturated carbocycles. The molecule has 0 aliphatic heterocycles. The number of ether oxygens (including phenoxy) is 1. The number of alkyl halides is 1. The average Bonchev–Trinajstić information content (AvgIpc) is 2.67. The van der Waals surface area contributed by atoms with Crippen LogP contribution in [0.3, 0.4) is 0 Å². The molecule has 27 heavy (non-hydrogen) atoms. The molecule has 0 aromatic rings. The van der Waals surface area contributed by atoms with Crippen molar-refractivity contribution in [3.05, 3.63) is 48.7 Å². The Hall–Kier alpha value is -1.88. The summed E-state index contributed by atoms with van der Waals surface area (Å²) in [7, 11) is 0.623. The van der Waals surface area contributed by atoms with Gasteiger partial charge in [-0.05, 0) is 44.7 Å². The second-order valence-corrected chi connectivity index (χ2v) is 7.42. The SMILES string of the molecule is C=CCC(F)C(/C=C\C(C)CCS(=O)NC)COC/C=C(C#N)\C=C/N=C. The van der Waals surface area contributed by atoms with E-state index in [9.17, 15) is 8.60 Å². The molecule has 4 unspecified atom stereocenters. The molecule has 0 fully saturated rings. The van der Waals surface area contributed by atoms with Gasteiger partial charge in [0.15, 0.2) is 0 Å². The van der Waals surface area contributed by atoms with Gasteiger partial charge in [0.25, 0.3) is 0 Å². The Morgan fingerprint density at radius 2 is 2.22 bits per heavy atom. The Bertz CT molecular complexity index is 597. The molecule has 0 amide bonds. The minimum absolute atomic E-state index is 0.183. The van der Waals surface area contributed by atoms with E-state index < -0.39 is 23.1 Å². The quantitative estimate of drug-likeness (QED) is 0.151. The number of hydrogen-bond acceptors (Lipinski definition) is 4. The fraction of sp³-hybridized carbons (Fsp3) is 0.500. The van der Waals surface area contributed by atoms with Gasteiger partial charge in [-0.25, -0.2) is 13.3 Å². The van der Waals surface area contributed by atoms with Gasteiger partial charge in [0.05, 0.1) is 35.8 Å². The minimum Gasteiger partial charge on any atom is -0.377 e. The standard InChI is InChI=1S/C20H30FN3O2S/c1-5-6-20(21)19(8-7-17(2)11-14-27(25)24-4)16-26-13-10-18(15-22)9-12-23-3/h5,7-10,12,17,19-20,24H,1,3,6,11,13-14,16H2,2,4H3/b8-7-,12-9-,18-10+. The number of halogens is 1. The van der Waals surface area contributed by atoms with E-state index in [4.69, 9.17) is 10.00 Å². The summed E-state index contributed by atoms with van der Waals surface area (Å²) in [5.41, 5.74) is 0.406. The molecule has 0 aliphatic carbocycles. The summed E-state index contributed by atoms with van der Waals surface area (Å²) in [6.45, 7) is 9.28. The zero-order valence-electron chi connectivity index (χ0n) is 16.1. The van der Waals surface area contributed by atoms with Crippen LogP contribution in [0.4, 0.5) is 4.39 Å². The lowest BCUT2D eigenvalue weighted by molar-refractivity contribution is 0.101. The van der Waals surface area contributed by atoms with Crippen LogP contribution in [-0.4, -0.2) is 43.1 Å². The van der Waals surface area contributed by atoms with E-state index in [0.29, 0.717) is 11.3 Å². The highest BCUT2D eigenvalue weighted by Crippen LogP contribution is 2.17. The molecule has 0 aromatic heterocycles. The predicted molar refractivity (Wildman–Crippen MR) is 111 cm³/mol. The van der Waals surface area contributed by atoms with E-state index in [1.54, 1.807) is 19.2 Å². The summed E-state index contributed by atoms with van der Waals surface area (Å²) >= 11 is 0. The summed E-state index contributed by atoms with van der Waals surface area (Å²) < 4.78 is 34.0. The van der Waals surface area contributed by atoms with Crippen LogP contribution < -0.4 is 4.72 Å². The summed E-state index contributed by atoms with van der Waals surface area (Å²) in [6.07, 6.45) is 9.75. The second-order valence-electron chi connectivity index (χ2n) is 5.92. The largest absolute Gasteiger partial charge is 0.377 e. The van der Waals surface area contributed by atoms with Crippen LogP contribution in [0.2, 0.25) is 0 Å². The van der Waals surface area contributed by atoms with Crippen LogP contribution in [0.15, 0.2) is 53.7 Å². The first-order chi connectivity index (χ1) is 13.0. The summed E-state index contributed by atoms with van der Waals surface area (Å²) in [4.78, 5) is 3.54. The van der Waals surface area contributed by atoms with Crippen LogP contribution in [0.5, 0.6) is 0 Å². The van der Waals surface area contributed by atoms with E-state index in [-0.39, 0.29) is 25.6 Å². The van der Waals surface area contributed by atoms with Gasteiger partial charge in [0.2, 0.25) is 0 Å². The Morgan fingerprint density at radius 1 is 1.48 bits per heavy atom. The number of allylic oxidation sites excluding steroid dienone is 4. The van der Waals surface area contributed by atoms with Crippen molar-refractivity contribution in [1.29, 1.82) is 5.26 Å². The van der Waals surface area contributed by atoms with Crippen LogP contribution >= 0.6 is 0 Å². The van der Waals surface area contributed by atoms with Crippen LogP contribution in [0.1, 0.15) is 19.8 Å². The van der Waals surface area contributed by atoms with Crippen molar-refractivity contribution in [3.8, 4) is 6.07 Å². The lowest BCUT2D eigenvalue weighted by atomic mass is 9.98. The van der Waals surface area contributed by atoms with Crippen LogP contribution in [-0.2, 0) is 15.7 Å². The maximum Gasteiger partial charge on any atom is 0.112 e. The van der Waals surface area contributed by atoms with E-state index in [0.717, 1.165) is 6.42 Å². The topological polar surface area (TPSA) is 74.5 Å². The molecule has 0 bridgehead atoms. The van der Waals surface area contributed by atoms with Gasteiger partial charge in [-0.1, -0.05) is 25.2 Å². The molecule has 7 heteroatoms. The third kappa shape index (κ3) is 13.0. The van der Waals surface area contributed by atoms with E-state index in [2.05, 4.69) is 23.0 Å². The number of nitrogens with zero attached hydrogens (tertiary/aromatic N) is 2. The smallest absolute Gasteiger partial charge is 0.112 e. The molecule has 1 N–H and O–H groups in total. The van der Waals surface area contributed by atoms with Crippen molar-refractivity contribution in [2.45, 2.75) is 25.9 Å². The highest BCUT2D eigenvalue weighted by Gasteiger charge is 2.17. The average molecular weight is 396 g/mol. The molecule has 0 heterocycles. The maximum atomic E-state index is 14.3. The van der Waals surface area contributed by atoms with Crippen molar-refractivity contribution in [2.75, 3.05) is 26.0 Å². The van der Waals surface area contributed by atoms with Gasteiger partial charge in [0, 0.05) is 17.9 Å². The lowest BCUT2D eigenvalue weighted by Gasteiger charge is -2.17. The van der Waals surface area contributed by atoms with Crippen molar-refractivity contribution >= 4 is 17.7 Å². The first kappa shape index (κ1) is 25.1. The number of nitrogens with one attached hydrogen (secondary N) is 1. The normalized spacial score (nSPS) is 16.7. The third-order valence-electron chi connectivity index (χ3n) is 3.75. The van der Waals surface area contributed by atoms with Gasteiger partial charge >= 0.3 is 0 Å². The maximum absolute atomic E-state index is 14.3. The van der Waals surface area contributed by atoms with Crippen molar-refractivity contribution in [2.24, 2.45) is 16.8 Å². The fourth-order valence-electron chi connectivity index (χ4n) is 2.07. The van der Waals surface area contributed by atoms with Crippen LogP contribution in [0.25, 0.3) is 0 Å². The lowest BCUT2D eigenvalue weighted by Crippen LogP contribution is -2.20. The van der Waals surface area contributed by atoms with Crippen molar-refractivity contribution in [3.63, 3.8) is 0 Å². The molecule has 0 aliphatic rings. The van der Waals surface area contributed by atoms with Gasteiger partial charge in [-0.3, -0.25) is 4.99 Å². The molecule has 4 atom stereocenters. The molecule has 0 rings (SSSR count). The molecular formula is C20H30FN3O2S. The summed E-state index contributed by atoms with van der Waals surface area (Å²) in [5.74, 6) is 0.316. The highest BCUT2D eigenvalue weighted by atomic mass is 32.2. The molecule has 0 radical (unpaired) electrons. The Kier molecular flexibility index (Phi) is 15.2. The van der Waals surface area contributed by atoms with Gasteiger partial charge in [0.1, 0.15) is 6.17 Å². The second kappa shape index (κ2) is 16.3. The number of nitriles is 1. The van der Waals surface area contributed by atoms with Gasteiger partial charge in [-0.2, -0.15) is 5.26 Å². The Morgan fingerprint density at radius 3 is 2.81 bits per heavy atom. The third-order valence-corrected chi connectivity index (χ3v) is 4.81. The Balaban J connectivity index is 4.70. The fourth-order valence-corrected chi connectivity index (χ4v) is 2.86. The molecule has 0 aromatic carbocycles. The number of hydrogen-bond donors (Lipinski definition) is 1. The first-order valence-electron chi connectivity index (χ1n) is 8.77. The summed E-state index contributed by atoms with van der Waals surface area (Å²) in [5, 5.41) is 8.98. The Labute approximate surface area is 165 Å². The monoisotopic (exact) mass is 395 g/mol. The van der Waals surface area contributed by atoms with Crippen molar-refractivity contribution in [1.82, 2.24) is 4.72 Å². The predicted octanol–water partition coefficient (Wildman–Crippen LogP) is 3.66. The molecule has 150 valence electrons. The molecule has 5 nitrogen and oxygen atoms in total. The van der Waals surface area contributed by atoms with Crippen LogP contribution in [0, 0.1) is 23.2 Å². The number of rotatable bonds is 15. The highest BCUT2D eigenvalue weighted by molar-refractivity contribution is 7.82. The van der Waals surface area contributed by atoms with Gasteiger partial charge < -0.3 is 4.74 Å². The molecule has 0 spiro atoms. The zero-order valence-corrected chi connectivity index (χ0v) is 17.0. The zero-order chi connectivity index (χ0) is 20.5. The summed E-state index contributed by atoms with van der Waals surface area (Å²) in [6, 6.07) is 2.01. The van der Waals surface area contributed by atoms with E-state index in [1.807, 2.05) is 25.1 Å². The van der Waals surface area contributed by atoms with Crippen molar-refractivity contribution < 1.29 is 13.3 Å². The minimum atomic E-state index is -1.10. The molecular weight excluding hydrogens is 365 g/mol. The van der Waals surface area contributed by atoms with E-state index in [1.165, 1.54) is 12.3 Å². The van der Waals surface area contributed by atoms with E-state index >= 15 is 0 Å². The van der Waals surface area contributed by atoms with Gasteiger partial charge in [-0.15, -0.1) is 6.58 Å². The first-order valence-corrected chi connectivity index (χ1v) is 10.1. The number of aliphatic imine (C=N–C) groups is 1.